The van der Waals surface area contributed by atoms with Crippen LogP contribution in [0.2, 0.25) is 0 Å². The molecule has 3 fully saturated rings. The standard InChI is InChI=1S/C23H34N2O2/c1-21(2)19(22(21,3)4)20(26)25-15-12-23(27,17-10-6-5-7-11-17)18(16-25)24-13-8-9-14-24/h5-7,10-11,18-19,27H,8-9,12-16H2,1-4H3/t18-,23+/m1/s1. The number of carbonyl (C=O) groups excluding carboxylic acids is 1. The molecule has 0 spiro atoms. The van der Waals surface area contributed by atoms with E-state index in [9.17, 15) is 9.90 Å². The molecule has 0 unspecified atom stereocenters. The van der Waals surface area contributed by atoms with Crippen LogP contribution in [-0.4, -0.2) is 53.0 Å². The van der Waals surface area contributed by atoms with Crippen LogP contribution >= 0.6 is 0 Å². The third-order valence-corrected chi connectivity index (χ3v) is 8.14. The van der Waals surface area contributed by atoms with Crippen LogP contribution < -0.4 is 0 Å². The summed E-state index contributed by atoms with van der Waals surface area (Å²) in [6.07, 6.45) is 2.97. The molecule has 2 atom stereocenters. The van der Waals surface area contributed by atoms with E-state index >= 15 is 0 Å². The molecule has 1 saturated carbocycles. The number of hydrogen-bond acceptors (Lipinski definition) is 3. The molecule has 4 rings (SSSR count). The van der Waals surface area contributed by atoms with Gasteiger partial charge in [0, 0.05) is 19.0 Å². The maximum atomic E-state index is 13.3. The van der Waals surface area contributed by atoms with Crippen molar-refractivity contribution in [1.82, 2.24) is 9.80 Å². The van der Waals surface area contributed by atoms with Gasteiger partial charge < -0.3 is 10.0 Å². The SMILES string of the molecule is CC1(C)C(C(=O)N2CC[C@](O)(c3ccccc3)[C@H](N3CCCC3)C2)C1(C)C. The summed E-state index contributed by atoms with van der Waals surface area (Å²) in [6, 6.07) is 10.0. The molecule has 0 aromatic heterocycles. The van der Waals surface area contributed by atoms with Gasteiger partial charge in [-0.3, -0.25) is 9.69 Å². The molecule has 1 aromatic carbocycles. The minimum Gasteiger partial charge on any atom is -0.383 e. The van der Waals surface area contributed by atoms with E-state index in [1.54, 1.807) is 0 Å². The number of aliphatic hydroxyl groups is 1. The molecule has 0 radical (unpaired) electrons. The average molecular weight is 371 g/mol. The van der Waals surface area contributed by atoms with Crippen molar-refractivity contribution in [3.05, 3.63) is 35.9 Å². The van der Waals surface area contributed by atoms with Gasteiger partial charge in [-0.15, -0.1) is 0 Å². The van der Waals surface area contributed by atoms with Gasteiger partial charge in [-0.05, 0) is 48.7 Å². The number of nitrogens with zero attached hydrogens (tertiary/aromatic N) is 2. The van der Waals surface area contributed by atoms with E-state index in [4.69, 9.17) is 0 Å². The topological polar surface area (TPSA) is 43.8 Å². The summed E-state index contributed by atoms with van der Waals surface area (Å²) < 4.78 is 0. The van der Waals surface area contributed by atoms with Crippen molar-refractivity contribution >= 4 is 5.91 Å². The number of amides is 1. The lowest BCUT2D eigenvalue weighted by atomic mass is 9.79. The Bertz CT molecular complexity index is 694. The highest BCUT2D eigenvalue weighted by Gasteiger charge is 2.69. The van der Waals surface area contributed by atoms with Crippen LogP contribution in [0, 0.1) is 16.7 Å². The molecule has 0 bridgehead atoms. The van der Waals surface area contributed by atoms with Crippen molar-refractivity contribution in [3.63, 3.8) is 0 Å². The fourth-order valence-corrected chi connectivity index (χ4v) is 5.65. The molecule has 1 amide bonds. The first-order valence-electron chi connectivity index (χ1n) is 10.5. The Balaban J connectivity index is 1.59. The Labute approximate surface area is 163 Å². The Morgan fingerprint density at radius 1 is 1.00 bits per heavy atom. The molecular weight excluding hydrogens is 336 g/mol. The first-order valence-corrected chi connectivity index (χ1v) is 10.5. The van der Waals surface area contributed by atoms with E-state index in [0.717, 1.165) is 18.7 Å². The summed E-state index contributed by atoms with van der Waals surface area (Å²) in [6.45, 7) is 12.1. The van der Waals surface area contributed by atoms with Crippen LogP contribution in [0.5, 0.6) is 0 Å². The Morgan fingerprint density at radius 2 is 1.59 bits per heavy atom. The highest BCUT2D eigenvalue weighted by Crippen LogP contribution is 2.69. The fraction of sp³-hybridized carbons (Fsp3) is 0.696. The highest BCUT2D eigenvalue weighted by atomic mass is 16.3. The van der Waals surface area contributed by atoms with E-state index in [-0.39, 0.29) is 28.7 Å². The van der Waals surface area contributed by atoms with Gasteiger partial charge >= 0.3 is 0 Å². The summed E-state index contributed by atoms with van der Waals surface area (Å²) in [5, 5.41) is 11.7. The van der Waals surface area contributed by atoms with Gasteiger partial charge in [0.1, 0.15) is 5.60 Å². The molecule has 148 valence electrons. The maximum absolute atomic E-state index is 13.3. The van der Waals surface area contributed by atoms with Gasteiger partial charge in [-0.1, -0.05) is 58.0 Å². The minimum absolute atomic E-state index is 0.0231. The van der Waals surface area contributed by atoms with E-state index < -0.39 is 5.60 Å². The molecule has 2 saturated heterocycles. The predicted molar refractivity (Wildman–Crippen MR) is 107 cm³/mol. The van der Waals surface area contributed by atoms with Gasteiger partial charge in [-0.2, -0.15) is 0 Å². The minimum atomic E-state index is -0.878. The zero-order valence-corrected chi connectivity index (χ0v) is 17.2. The normalized spacial score (nSPS) is 33.2. The molecule has 1 aromatic rings. The maximum Gasteiger partial charge on any atom is 0.226 e. The van der Waals surface area contributed by atoms with E-state index in [1.807, 2.05) is 35.2 Å². The fourth-order valence-electron chi connectivity index (χ4n) is 5.65. The lowest BCUT2D eigenvalue weighted by Gasteiger charge is -2.48. The molecule has 3 aliphatic rings. The van der Waals surface area contributed by atoms with Crippen molar-refractivity contribution in [2.24, 2.45) is 16.7 Å². The smallest absolute Gasteiger partial charge is 0.226 e. The van der Waals surface area contributed by atoms with E-state index in [2.05, 4.69) is 32.6 Å². The zero-order chi connectivity index (χ0) is 19.4. The molecule has 4 heteroatoms. The van der Waals surface area contributed by atoms with Crippen molar-refractivity contribution in [3.8, 4) is 0 Å². The first kappa shape index (κ1) is 18.9. The van der Waals surface area contributed by atoms with Crippen molar-refractivity contribution in [1.29, 1.82) is 0 Å². The Kier molecular flexibility index (Phi) is 4.43. The second kappa shape index (κ2) is 6.31. The Hall–Kier alpha value is -1.39. The lowest BCUT2D eigenvalue weighted by molar-refractivity contribution is -0.145. The van der Waals surface area contributed by atoms with Gasteiger partial charge in [0.2, 0.25) is 5.91 Å². The summed E-state index contributed by atoms with van der Waals surface area (Å²) in [5.41, 5.74) is 0.221. The molecular formula is C23H34N2O2. The van der Waals surface area contributed by atoms with Crippen molar-refractivity contribution in [2.45, 2.75) is 58.6 Å². The average Bonchev–Trinajstić information content (AvgIpc) is 3.02. The third kappa shape index (κ3) is 2.84. The largest absolute Gasteiger partial charge is 0.383 e. The molecule has 1 aliphatic carbocycles. The summed E-state index contributed by atoms with van der Waals surface area (Å²) in [5.74, 6) is 0.372. The van der Waals surface area contributed by atoms with Gasteiger partial charge in [0.25, 0.3) is 0 Å². The highest BCUT2D eigenvalue weighted by molar-refractivity contribution is 5.84. The monoisotopic (exact) mass is 370 g/mol. The number of carbonyl (C=O) groups is 1. The van der Waals surface area contributed by atoms with Gasteiger partial charge in [0.15, 0.2) is 0 Å². The number of likely N-dealkylation sites (tertiary alicyclic amines) is 2. The number of hydrogen-bond donors (Lipinski definition) is 1. The summed E-state index contributed by atoms with van der Waals surface area (Å²) in [4.78, 5) is 17.8. The second-order valence-corrected chi connectivity index (χ2v) is 9.96. The predicted octanol–water partition coefficient (Wildman–Crippen LogP) is 3.25. The molecule has 27 heavy (non-hydrogen) atoms. The van der Waals surface area contributed by atoms with Gasteiger partial charge in [0.05, 0.1) is 6.04 Å². The van der Waals surface area contributed by atoms with Crippen LogP contribution in [0.15, 0.2) is 30.3 Å². The third-order valence-electron chi connectivity index (χ3n) is 8.14. The molecule has 4 nitrogen and oxygen atoms in total. The zero-order valence-electron chi connectivity index (χ0n) is 17.2. The van der Waals surface area contributed by atoms with Crippen LogP contribution in [0.25, 0.3) is 0 Å². The van der Waals surface area contributed by atoms with Crippen LogP contribution in [0.4, 0.5) is 0 Å². The molecule has 2 heterocycles. The number of piperidine rings is 1. The second-order valence-electron chi connectivity index (χ2n) is 9.96. The van der Waals surface area contributed by atoms with Crippen LogP contribution in [-0.2, 0) is 10.4 Å². The van der Waals surface area contributed by atoms with Crippen LogP contribution in [0.1, 0.15) is 52.5 Å². The Morgan fingerprint density at radius 3 is 2.15 bits per heavy atom. The van der Waals surface area contributed by atoms with Gasteiger partial charge in [-0.25, -0.2) is 0 Å². The quantitative estimate of drug-likeness (QED) is 0.888. The summed E-state index contributed by atoms with van der Waals surface area (Å²) in [7, 11) is 0. The lowest BCUT2D eigenvalue weighted by Crippen LogP contribution is -2.61. The molecule has 2 aliphatic heterocycles. The summed E-state index contributed by atoms with van der Waals surface area (Å²) >= 11 is 0. The first-order chi connectivity index (χ1) is 12.7. The molecule has 1 N–H and O–H groups in total. The number of rotatable bonds is 3. The van der Waals surface area contributed by atoms with Crippen LogP contribution in [0.3, 0.4) is 0 Å². The van der Waals surface area contributed by atoms with E-state index in [1.165, 1.54) is 12.8 Å². The number of benzene rings is 1. The van der Waals surface area contributed by atoms with Crippen molar-refractivity contribution in [2.75, 3.05) is 26.2 Å². The van der Waals surface area contributed by atoms with E-state index in [0.29, 0.717) is 19.5 Å². The van der Waals surface area contributed by atoms with Crippen molar-refractivity contribution < 1.29 is 9.90 Å².